The lowest BCUT2D eigenvalue weighted by Crippen LogP contribution is -2.36. The Hall–Kier alpha value is -3.23. The molecule has 30 heavy (non-hydrogen) atoms. The molecular weight excluding hydrogens is 400 g/mol. The minimum Gasteiger partial charge on any atom is -0.457 e. The Labute approximate surface area is 177 Å². The number of morpholine rings is 1. The van der Waals surface area contributed by atoms with E-state index in [4.69, 9.17) is 9.15 Å². The highest BCUT2D eigenvalue weighted by Crippen LogP contribution is 2.31. The zero-order valence-corrected chi connectivity index (χ0v) is 17.0. The van der Waals surface area contributed by atoms with Crippen LogP contribution in [0.15, 0.2) is 59.1 Å². The predicted molar refractivity (Wildman–Crippen MR) is 116 cm³/mol. The summed E-state index contributed by atoms with van der Waals surface area (Å²) in [4.78, 5) is 23.6. The molecule has 7 nitrogen and oxygen atoms in total. The Morgan fingerprint density at radius 1 is 1.13 bits per heavy atom. The van der Waals surface area contributed by atoms with Gasteiger partial charge in [0.15, 0.2) is 10.8 Å². The van der Waals surface area contributed by atoms with Gasteiger partial charge in [0.25, 0.3) is 5.91 Å². The number of nitrogens with zero attached hydrogens (tertiary/aromatic N) is 3. The SMILES string of the molecule is O=C(NCc1ccc(-c2nc3ccccc3s2)o1)c1cc(N2CCOCC2)ccn1. The number of rotatable bonds is 5. The Bertz CT molecular complexity index is 1150. The number of fused-ring (bicyclic) bond motifs is 1. The van der Waals surface area contributed by atoms with E-state index < -0.39 is 0 Å². The van der Waals surface area contributed by atoms with Crippen LogP contribution in [-0.4, -0.2) is 42.2 Å². The van der Waals surface area contributed by atoms with Crippen molar-refractivity contribution in [1.29, 1.82) is 0 Å². The number of hydrogen-bond donors (Lipinski definition) is 1. The molecule has 8 heteroatoms. The third-order valence-corrected chi connectivity index (χ3v) is 5.99. The van der Waals surface area contributed by atoms with E-state index in [1.54, 1.807) is 17.5 Å². The lowest BCUT2D eigenvalue weighted by Gasteiger charge is -2.28. The van der Waals surface area contributed by atoms with E-state index in [0.29, 0.717) is 30.4 Å². The number of aromatic nitrogens is 2. The van der Waals surface area contributed by atoms with Gasteiger partial charge in [-0.05, 0) is 36.4 Å². The first kappa shape index (κ1) is 18.8. The average Bonchev–Trinajstić information content (AvgIpc) is 3.45. The van der Waals surface area contributed by atoms with Crippen LogP contribution in [0.25, 0.3) is 21.0 Å². The number of furan rings is 1. The van der Waals surface area contributed by atoms with Crippen LogP contribution >= 0.6 is 11.3 Å². The number of pyridine rings is 1. The van der Waals surface area contributed by atoms with E-state index >= 15 is 0 Å². The molecule has 1 aromatic carbocycles. The van der Waals surface area contributed by atoms with Crippen molar-refractivity contribution in [1.82, 2.24) is 15.3 Å². The van der Waals surface area contributed by atoms with Crippen molar-refractivity contribution in [2.45, 2.75) is 6.54 Å². The molecule has 0 atom stereocenters. The summed E-state index contributed by atoms with van der Waals surface area (Å²) >= 11 is 1.58. The maximum Gasteiger partial charge on any atom is 0.270 e. The van der Waals surface area contributed by atoms with Crippen LogP contribution in [0.3, 0.4) is 0 Å². The Kier molecular flexibility index (Phi) is 5.17. The fourth-order valence-electron chi connectivity index (χ4n) is 3.39. The van der Waals surface area contributed by atoms with E-state index in [1.165, 1.54) is 0 Å². The molecule has 152 valence electrons. The van der Waals surface area contributed by atoms with Gasteiger partial charge in [0.2, 0.25) is 0 Å². The molecule has 0 aliphatic carbocycles. The number of thiazole rings is 1. The summed E-state index contributed by atoms with van der Waals surface area (Å²) in [6.07, 6.45) is 1.66. The number of para-hydroxylation sites is 1. The third kappa shape index (κ3) is 3.92. The first-order valence-corrected chi connectivity index (χ1v) is 10.6. The minimum atomic E-state index is -0.233. The van der Waals surface area contributed by atoms with Gasteiger partial charge in [-0.25, -0.2) is 4.98 Å². The molecule has 1 aliphatic heterocycles. The molecular formula is C22H20N4O3S. The smallest absolute Gasteiger partial charge is 0.270 e. The number of anilines is 1. The van der Waals surface area contributed by atoms with Gasteiger partial charge >= 0.3 is 0 Å². The summed E-state index contributed by atoms with van der Waals surface area (Å²) in [7, 11) is 0. The molecule has 1 aliphatic rings. The molecule has 3 aromatic heterocycles. The van der Waals surface area contributed by atoms with Gasteiger partial charge in [0.1, 0.15) is 11.5 Å². The second kappa shape index (κ2) is 8.25. The molecule has 1 amide bonds. The maximum atomic E-state index is 12.6. The van der Waals surface area contributed by atoms with Crippen LogP contribution < -0.4 is 10.2 Å². The van der Waals surface area contributed by atoms with Crippen LogP contribution in [0.5, 0.6) is 0 Å². The predicted octanol–water partition coefficient (Wildman–Crippen LogP) is 3.72. The minimum absolute atomic E-state index is 0.233. The fourth-order valence-corrected chi connectivity index (χ4v) is 4.31. The van der Waals surface area contributed by atoms with E-state index in [-0.39, 0.29) is 12.5 Å². The number of ether oxygens (including phenoxy) is 1. The topological polar surface area (TPSA) is 80.5 Å². The summed E-state index contributed by atoms with van der Waals surface area (Å²) in [6.45, 7) is 3.30. The summed E-state index contributed by atoms with van der Waals surface area (Å²) in [5.41, 5.74) is 2.32. The number of carbonyl (C=O) groups is 1. The number of amides is 1. The lowest BCUT2D eigenvalue weighted by atomic mass is 10.2. The van der Waals surface area contributed by atoms with Crippen molar-refractivity contribution in [2.24, 2.45) is 0 Å². The maximum absolute atomic E-state index is 12.6. The van der Waals surface area contributed by atoms with Crippen LogP contribution in [0, 0.1) is 0 Å². The molecule has 4 aromatic rings. The van der Waals surface area contributed by atoms with Gasteiger partial charge in [0, 0.05) is 25.0 Å². The second-order valence-corrected chi connectivity index (χ2v) is 7.96. The van der Waals surface area contributed by atoms with Crippen LogP contribution in [0.1, 0.15) is 16.2 Å². The monoisotopic (exact) mass is 420 g/mol. The molecule has 0 bridgehead atoms. The number of hydrogen-bond acceptors (Lipinski definition) is 7. The molecule has 1 N–H and O–H groups in total. The Morgan fingerprint density at radius 2 is 2.00 bits per heavy atom. The van der Waals surface area contributed by atoms with E-state index in [9.17, 15) is 4.79 Å². The van der Waals surface area contributed by atoms with Gasteiger partial charge < -0.3 is 19.4 Å². The highest BCUT2D eigenvalue weighted by molar-refractivity contribution is 7.21. The molecule has 0 radical (unpaired) electrons. The van der Waals surface area contributed by atoms with Crippen molar-refractivity contribution in [3.05, 3.63) is 66.2 Å². The zero-order valence-electron chi connectivity index (χ0n) is 16.2. The number of benzene rings is 1. The summed E-state index contributed by atoms with van der Waals surface area (Å²) in [5.74, 6) is 1.14. The van der Waals surface area contributed by atoms with E-state index in [1.807, 2.05) is 48.5 Å². The van der Waals surface area contributed by atoms with Crippen LogP contribution in [-0.2, 0) is 11.3 Å². The first-order chi connectivity index (χ1) is 14.8. The van der Waals surface area contributed by atoms with Crippen molar-refractivity contribution < 1.29 is 13.9 Å². The van der Waals surface area contributed by atoms with E-state index in [2.05, 4.69) is 20.2 Å². The lowest BCUT2D eigenvalue weighted by molar-refractivity contribution is 0.0943. The molecule has 1 fully saturated rings. The second-order valence-electron chi connectivity index (χ2n) is 6.93. The summed E-state index contributed by atoms with van der Waals surface area (Å²) in [5, 5.41) is 3.71. The van der Waals surface area contributed by atoms with Crippen LogP contribution in [0.4, 0.5) is 5.69 Å². The zero-order chi connectivity index (χ0) is 20.3. The van der Waals surface area contributed by atoms with Crippen molar-refractivity contribution >= 4 is 33.1 Å². The average molecular weight is 420 g/mol. The molecule has 0 unspecified atom stereocenters. The molecule has 4 heterocycles. The van der Waals surface area contributed by atoms with Gasteiger partial charge in [-0.3, -0.25) is 9.78 Å². The van der Waals surface area contributed by atoms with Gasteiger partial charge in [-0.15, -0.1) is 11.3 Å². The van der Waals surface area contributed by atoms with Crippen molar-refractivity contribution in [3.63, 3.8) is 0 Å². The quantitative estimate of drug-likeness (QED) is 0.530. The molecule has 0 spiro atoms. The first-order valence-electron chi connectivity index (χ1n) is 9.78. The Morgan fingerprint density at radius 3 is 2.87 bits per heavy atom. The largest absolute Gasteiger partial charge is 0.457 e. The number of carbonyl (C=O) groups excluding carboxylic acids is 1. The van der Waals surface area contributed by atoms with Crippen molar-refractivity contribution in [2.75, 3.05) is 31.2 Å². The standard InChI is InChI=1S/C22H20N4O3S/c27-21(18-13-15(7-8-23-18)26-9-11-28-12-10-26)24-14-16-5-6-19(29-16)22-25-17-3-1-2-4-20(17)30-22/h1-8,13H,9-12,14H2,(H,24,27). The van der Waals surface area contributed by atoms with Crippen molar-refractivity contribution in [3.8, 4) is 10.8 Å². The Balaban J connectivity index is 1.25. The fraction of sp³-hybridized carbons (Fsp3) is 0.227. The highest BCUT2D eigenvalue weighted by atomic mass is 32.1. The normalized spacial score (nSPS) is 14.2. The molecule has 5 rings (SSSR count). The molecule has 0 saturated carbocycles. The summed E-state index contributed by atoms with van der Waals surface area (Å²) < 4.78 is 12.4. The van der Waals surface area contributed by atoms with Gasteiger partial charge in [0.05, 0.1) is 30.0 Å². The number of nitrogens with one attached hydrogen (secondary N) is 1. The van der Waals surface area contributed by atoms with Gasteiger partial charge in [-0.1, -0.05) is 12.1 Å². The van der Waals surface area contributed by atoms with Gasteiger partial charge in [-0.2, -0.15) is 0 Å². The third-order valence-electron chi connectivity index (χ3n) is 4.94. The summed E-state index contributed by atoms with van der Waals surface area (Å²) in [6, 6.07) is 15.5. The highest BCUT2D eigenvalue weighted by Gasteiger charge is 2.15. The van der Waals surface area contributed by atoms with Crippen LogP contribution in [0.2, 0.25) is 0 Å². The molecule has 1 saturated heterocycles. The van der Waals surface area contributed by atoms with E-state index in [0.717, 1.165) is 34.0 Å².